The van der Waals surface area contributed by atoms with Crippen molar-refractivity contribution >= 4 is 63.5 Å². The molecule has 2 aromatic carbocycles. The van der Waals surface area contributed by atoms with Crippen molar-refractivity contribution in [2.24, 2.45) is 0 Å². The molecular weight excluding hydrogens is 464 g/mol. The van der Waals surface area contributed by atoms with Crippen molar-refractivity contribution < 1.29 is 24.4 Å². The van der Waals surface area contributed by atoms with Crippen LogP contribution in [0.5, 0.6) is 5.75 Å². The quantitative estimate of drug-likeness (QED) is 0.255. The summed E-state index contributed by atoms with van der Waals surface area (Å²) in [4.78, 5) is 35.5. The van der Waals surface area contributed by atoms with Crippen LogP contribution in [0.15, 0.2) is 47.4 Å². The van der Waals surface area contributed by atoms with E-state index < -0.39 is 16.8 Å². The van der Waals surface area contributed by atoms with Crippen molar-refractivity contribution in [1.82, 2.24) is 4.90 Å². The van der Waals surface area contributed by atoms with Gasteiger partial charge in [-0.15, -0.1) is 0 Å². The number of ether oxygens (including phenoxy) is 1. The number of amides is 1. The van der Waals surface area contributed by atoms with E-state index in [0.717, 1.165) is 17.3 Å². The van der Waals surface area contributed by atoms with E-state index >= 15 is 0 Å². The summed E-state index contributed by atoms with van der Waals surface area (Å²) in [5.74, 6) is -1.19. The van der Waals surface area contributed by atoms with Gasteiger partial charge in [0, 0.05) is 34.8 Å². The first-order valence-electron chi connectivity index (χ1n) is 8.88. The van der Waals surface area contributed by atoms with Crippen molar-refractivity contribution in [3.8, 4) is 5.75 Å². The zero-order valence-electron chi connectivity index (χ0n) is 15.8. The highest BCUT2D eigenvalue weighted by Gasteiger charge is 2.32. The Morgan fingerprint density at radius 3 is 2.74 bits per heavy atom. The summed E-state index contributed by atoms with van der Waals surface area (Å²) in [5.41, 5.74) is 0.881. The van der Waals surface area contributed by atoms with Crippen LogP contribution in [0, 0.1) is 10.1 Å². The number of hydrogen-bond donors (Lipinski definition) is 1. The molecule has 3 rings (SSSR count). The van der Waals surface area contributed by atoms with Gasteiger partial charge in [-0.25, -0.2) is 0 Å². The van der Waals surface area contributed by atoms with Crippen LogP contribution in [-0.2, 0) is 16.2 Å². The maximum atomic E-state index is 12.7. The number of carboxylic acid groups (broad SMARTS) is 1. The first-order chi connectivity index (χ1) is 14.8. The third-order valence-corrected chi connectivity index (χ3v) is 6.00. The number of halogens is 1. The molecule has 2 aromatic rings. The molecular formula is C20H15ClN2O6S2. The minimum Gasteiger partial charge on any atom is -0.488 e. The lowest BCUT2D eigenvalue weighted by molar-refractivity contribution is -0.384. The molecule has 0 saturated carbocycles. The smallest absolute Gasteiger partial charge is 0.305 e. The topological polar surface area (TPSA) is 110 Å². The lowest BCUT2D eigenvalue weighted by Crippen LogP contribution is -2.30. The second kappa shape index (κ2) is 9.90. The van der Waals surface area contributed by atoms with E-state index in [-0.39, 0.29) is 34.5 Å². The summed E-state index contributed by atoms with van der Waals surface area (Å²) in [7, 11) is 0. The molecule has 0 aliphatic carbocycles. The van der Waals surface area contributed by atoms with Crippen LogP contribution >= 0.6 is 35.6 Å². The number of hydrogen-bond acceptors (Lipinski definition) is 7. The lowest BCUT2D eigenvalue weighted by Gasteiger charge is -2.12. The van der Waals surface area contributed by atoms with Gasteiger partial charge in [0.25, 0.3) is 11.6 Å². The van der Waals surface area contributed by atoms with Crippen LogP contribution in [0.25, 0.3) is 6.08 Å². The highest BCUT2D eigenvalue weighted by Crippen LogP contribution is 2.35. The number of rotatable bonds is 8. The Hall–Kier alpha value is -2.95. The molecule has 0 aromatic heterocycles. The molecule has 1 amide bonds. The normalized spacial score (nSPS) is 14.9. The van der Waals surface area contributed by atoms with E-state index in [9.17, 15) is 19.7 Å². The zero-order valence-corrected chi connectivity index (χ0v) is 18.2. The fourth-order valence-electron chi connectivity index (χ4n) is 2.71. The Balaban J connectivity index is 1.89. The number of nitro benzene ring substituents is 1. The van der Waals surface area contributed by atoms with Crippen molar-refractivity contribution in [1.29, 1.82) is 0 Å². The molecule has 0 unspecified atom stereocenters. The molecule has 31 heavy (non-hydrogen) atoms. The number of nitro groups is 1. The maximum absolute atomic E-state index is 12.7. The molecule has 0 atom stereocenters. The Labute approximate surface area is 191 Å². The summed E-state index contributed by atoms with van der Waals surface area (Å²) in [5, 5.41) is 20.6. The number of benzene rings is 2. The molecule has 1 aliphatic rings. The van der Waals surface area contributed by atoms with E-state index in [1.165, 1.54) is 29.2 Å². The number of thioether (sulfide) groups is 1. The van der Waals surface area contributed by atoms with Gasteiger partial charge in [0.2, 0.25) is 0 Å². The number of aliphatic carboxylic acids is 1. The van der Waals surface area contributed by atoms with E-state index in [0.29, 0.717) is 16.3 Å². The molecule has 1 heterocycles. The molecule has 1 fully saturated rings. The van der Waals surface area contributed by atoms with Crippen molar-refractivity contribution in [2.45, 2.75) is 13.0 Å². The maximum Gasteiger partial charge on any atom is 0.305 e. The number of carbonyl (C=O) groups excluding carboxylic acids is 1. The minimum absolute atomic E-state index is 0.0534. The van der Waals surface area contributed by atoms with Crippen molar-refractivity contribution in [3.05, 3.63) is 73.6 Å². The van der Waals surface area contributed by atoms with Gasteiger partial charge < -0.3 is 9.84 Å². The van der Waals surface area contributed by atoms with Crippen LogP contribution in [0.2, 0.25) is 5.02 Å². The molecule has 1 saturated heterocycles. The number of thiocarbonyl (C=S) groups is 1. The molecule has 1 aliphatic heterocycles. The van der Waals surface area contributed by atoms with Crippen LogP contribution < -0.4 is 4.74 Å². The third kappa shape index (κ3) is 5.60. The van der Waals surface area contributed by atoms with Gasteiger partial charge in [-0.3, -0.25) is 24.6 Å². The predicted octanol–water partition coefficient (Wildman–Crippen LogP) is 4.50. The summed E-state index contributed by atoms with van der Waals surface area (Å²) in [6.07, 6.45) is 1.21. The van der Waals surface area contributed by atoms with Gasteiger partial charge in [0.15, 0.2) is 0 Å². The van der Waals surface area contributed by atoms with Crippen LogP contribution in [0.1, 0.15) is 17.5 Å². The largest absolute Gasteiger partial charge is 0.488 e. The van der Waals surface area contributed by atoms with E-state index in [1.807, 2.05) is 6.07 Å². The van der Waals surface area contributed by atoms with Gasteiger partial charge in [0.1, 0.15) is 16.7 Å². The fourth-order valence-corrected chi connectivity index (χ4v) is 4.20. The third-order valence-electron chi connectivity index (χ3n) is 4.25. The second-order valence-electron chi connectivity index (χ2n) is 6.34. The lowest BCUT2D eigenvalue weighted by atomic mass is 10.1. The number of carbonyl (C=O) groups is 2. The van der Waals surface area contributed by atoms with Crippen LogP contribution in [-0.4, -0.2) is 37.7 Å². The average Bonchev–Trinajstić information content (AvgIpc) is 2.99. The molecule has 0 spiro atoms. The number of non-ortho nitro benzene ring substituents is 1. The van der Waals surface area contributed by atoms with Gasteiger partial charge in [0.05, 0.1) is 16.2 Å². The Morgan fingerprint density at radius 2 is 2.06 bits per heavy atom. The summed E-state index contributed by atoms with van der Waals surface area (Å²) in [6.45, 7) is 0.0695. The zero-order chi connectivity index (χ0) is 22.5. The number of nitrogens with zero attached hydrogens (tertiary/aromatic N) is 2. The SMILES string of the molecule is O=C(O)CCN1C(=O)C(=Cc2cc([N+](=O)[O-])ccc2OCc2ccccc2Cl)SC1=S. The van der Waals surface area contributed by atoms with Crippen LogP contribution in [0.3, 0.4) is 0 Å². The number of carboxylic acids is 1. The fraction of sp³-hybridized carbons (Fsp3) is 0.150. The highest BCUT2D eigenvalue weighted by molar-refractivity contribution is 8.26. The first kappa shape index (κ1) is 22.7. The molecule has 160 valence electrons. The second-order valence-corrected chi connectivity index (χ2v) is 8.42. The average molecular weight is 479 g/mol. The monoisotopic (exact) mass is 478 g/mol. The van der Waals surface area contributed by atoms with Crippen molar-refractivity contribution in [2.75, 3.05) is 6.54 Å². The van der Waals surface area contributed by atoms with Gasteiger partial charge in [-0.05, 0) is 18.2 Å². The first-order valence-corrected chi connectivity index (χ1v) is 10.5. The molecule has 11 heteroatoms. The predicted molar refractivity (Wildman–Crippen MR) is 121 cm³/mol. The molecule has 1 N–H and O–H groups in total. The van der Waals surface area contributed by atoms with E-state index in [2.05, 4.69) is 0 Å². The standard InChI is InChI=1S/C20H15ClN2O6S2/c21-15-4-2-1-3-12(15)11-29-16-6-5-14(23(27)28)9-13(16)10-17-19(26)22(20(30)31-17)8-7-18(24)25/h1-6,9-10H,7-8,11H2,(H,24,25). The summed E-state index contributed by atoms with van der Waals surface area (Å²) < 4.78 is 6.04. The minimum atomic E-state index is -1.05. The Kier molecular flexibility index (Phi) is 7.26. The molecule has 0 radical (unpaired) electrons. The highest BCUT2D eigenvalue weighted by atomic mass is 35.5. The van der Waals surface area contributed by atoms with Gasteiger partial charge >= 0.3 is 5.97 Å². The van der Waals surface area contributed by atoms with E-state index in [4.69, 9.17) is 33.7 Å². The molecule has 8 nitrogen and oxygen atoms in total. The van der Waals surface area contributed by atoms with Crippen LogP contribution in [0.4, 0.5) is 5.69 Å². The van der Waals surface area contributed by atoms with Gasteiger partial charge in [-0.1, -0.05) is 53.8 Å². The Bertz CT molecular complexity index is 1100. The van der Waals surface area contributed by atoms with Crippen molar-refractivity contribution in [3.63, 3.8) is 0 Å². The molecule has 0 bridgehead atoms. The van der Waals surface area contributed by atoms with E-state index in [1.54, 1.807) is 18.2 Å². The Morgan fingerprint density at radius 1 is 1.32 bits per heavy atom. The van der Waals surface area contributed by atoms with Gasteiger partial charge in [-0.2, -0.15) is 0 Å². The summed E-state index contributed by atoms with van der Waals surface area (Å²) in [6, 6.07) is 11.2. The summed E-state index contributed by atoms with van der Waals surface area (Å²) >= 11 is 12.3.